The Balaban J connectivity index is 1.77. The number of hydrogen-bond donors (Lipinski definition) is 1. The summed E-state index contributed by atoms with van der Waals surface area (Å²) in [6.45, 7) is 11.5. The van der Waals surface area contributed by atoms with Gasteiger partial charge in [0.2, 0.25) is 0 Å². The van der Waals surface area contributed by atoms with E-state index in [2.05, 4.69) is 24.3 Å². The first-order valence-corrected chi connectivity index (χ1v) is 7.88. The van der Waals surface area contributed by atoms with Gasteiger partial charge >= 0.3 is 6.09 Å². The highest BCUT2D eigenvalue weighted by Crippen LogP contribution is 2.24. The van der Waals surface area contributed by atoms with E-state index >= 15 is 0 Å². The van der Waals surface area contributed by atoms with Crippen LogP contribution in [-0.2, 0) is 11.8 Å². The Labute approximate surface area is 132 Å². The summed E-state index contributed by atoms with van der Waals surface area (Å²) in [6, 6.07) is 0.591. The highest BCUT2D eigenvalue weighted by molar-refractivity contribution is 5.69. The number of nitrogens with one attached hydrogen (secondary N) is 1. The Bertz CT molecular complexity index is 514. The number of aromatic nitrogens is 2. The maximum Gasteiger partial charge on any atom is 0.410 e. The van der Waals surface area contributed by atoms with Crippen molar-refractivity contribution < 1.29 is 9.53 Å². The molecule has 1 amide bonds. The third kappa shape index (κ3) is 4.22. The van der Waals surface area contributed by atoms with E-state index in [-0.39, 0.29) is 12.1 Å². The molecule has 0 spiro atoms. The summed E-state index contributed by atoms with van der Waals surface area (Å²) in [7, 11) is 1.92. The fourth-order valence-corrected chi connectivity index (χ4v) is 2.59. The molecule has 1 aliphatic heterocycles. The largest absolute Gasteiger partial charge is 0.444 e. The highest BCUT2D eigenvalue weighted by Gasteiger charge is 2.36. The van der Waals surface area contributed by atoms with Crippen LogP contribution in [0.25, 0.3) is 0 Å². The number of ether oxygens (including phenoxy) is 1. The van der Waals surface area contributed by atoms with Gasteiger partial charge in [-0.25, -0.2) is 4.79 Å². The molecule has 124 valence electrons. The molecule has 1 aromatic rings. The number of likely N-dealkylation sites (tertiary alicyclic amines) is 1. The van der Waals surface area contributed by atoms with Crippen LogP contribution < -0.4 is 5.32 Å². The predicted molar refractivity (Wildman–Crippen MR) is 85.5 cm³/mol. The van der Waals surface area contributed by atoms with Crippen molar-refractivity contribution in [2.45, 2.75) is 52.3 Å². The number of rotatable bonds is 4. The lowest BCUT2D eigenvalue weighted by Gasteiger charge is -2.43. The normalized spacial score (nSPS) is 18.7. The molecule has 2 rings (SSSR count). The second-order valence-electron chi connectivity index (χ2n) is 7.27. The molecule has 0 aliphatic carbocycles. The first-order chi connectivity index (χ1) is 10.2. The summed E-state index contributed by atoms with van der Waals surface area (Å²) >= 11 is 0. The fraction of sp³-hybridized carbons (Fsp3) is 0.750. The Hall–Kier alpha value is -1.56. The van der Waals surface area contributed by atoms with Gasteiger partial charge in [-0.1, -0.05) is 0 Å². The average Bonchev–Trinajstić information content (AvgIpc) is 2.71. The van der Waals surface area contributed by atoms with Gasteiger partial charge in [0.1, 0.15) is 5.60 Å². The van der Waals surface area contributed by atoms with Crippen LogP contribution in [0.4, 0.5) is 4.79 Å². The molecule has 6 heteroatoms. The van der Waals surface area contributed by atoms with Crippen molar-refractivity contribution in [2.75, 3.05) is 13.1 Å². The van der Waals surface area contributed by atoms with Gasteiger partial charge in [-0.15, -0.1) is 0 Å². The van der Waals surface area contributed by atoms with E-state index in [0.717, 1.165) is 13.1 Å². The first kappa shape index (κ1) is 16.8. The molecule has 2 atom stereocenters. The molecule has 1 saturated heterocycles. The minimum atomic E-state index is -0.430. The molecule has 0 aromatic carbocycles. The van der Waals surface area contributed by atoms with Crippen molar-refractivity contribution in [3.05, 3.63) is 18.0 Å². The molecule has 1 aliphatic rings. The lowest BCUT2D eigenvalue weighted by atomic mass is 9.92. The topological polar surface area (TPSA) is 59.4 Å². The minimum Gasteiger partial charge on any atom is -0.444 e. The first-order valence-electron chi connectivity index (χ1n) is 7.88. The summed E-state index contributed by atoms with van der Waals surface area (Å²) in [5.41, 5.74) is 0.749. The smallest absolute Gasteiger partial charge is 0.410 e. The molecule has 1 N–H and O–H groups in total. The second-order valence-corrected chi connectivity index (χ2v) is 7.27. The van der Waals surface area contributed by atoms with Gasteiger partial charge in [0, 0.05) is 49.9 Å². The van der Waals surface area contributed by atoms with E-state index in [1.165, 1.54) is 5.56 Å². The van der Waals surface area contributed by atoms with E-state index in [1.54, 1.807) is 4.90 Å². The maximum absolute atomic E-state index is 11.9. The van der Waals surface area contributed by atoms with Gasteiger partial charge in [0.05, 0.1) is 6.20 Å². The number of carbonyl (C=O) groups is 1. The number of amides is 1. The van der Waals surface area contributed by atoms with E-state index in [1.807, 2.05) is 44.9 Å². The molecule has 6 nitrogen and oxygen atoms in total. The van der Waals surface area contributed by atoms with E-state index in [0.29, 0.717) is 12.0 Å². The molecule has 2 unspecified atom stereocenters. The maximum atomic E-state index is 11.9. The third-order valence-electron chi connectivity index (χ3n) is 4.01. The van der Waals surface area contributed by atoms with Crippen LogP contribution in [0, 0.1) is 5.92 Å². The van der Waals surface area contributed by atoms with Crippen molar-refractivity contribution in [3.63, 3.8) is 0 Å². The molecule has 0 bridgehead atoms. The number of hydrogen-bond acceptors (Lipinski definition) is 4. The number of aryl methyl sites for hydroxylation is 1. The highest BCUT2D eigenvalue weighted by atomic mass is 16.6. The quantitative estimate of drug-likeness (QED) is 0.927. The molecular formula is C16H28N4O2. The van der Waals surface area contributed by atoms with Crippen molar-refractivity contribution in [2.24, 2.45) is 13.0 Å². The van der Waals surface area contributed by atoms with Gasteiger partial charge in [-0.3, -0.25) is 4.68 Å². The summed E-state index contributed by atoms with van der Waals surface area (Å²) in [5, 5.41) is 7.79. The van der Waals surface area contributed by atoms with Crippen LogP contribution in [0.2, 0.25) is 0 Å². The van der Waals surface area contributed by atoms with Gasteiger partial charge in [0.15, 0.2) is 0 Å². The summed E-state index contributed by atoms with van der Waals surface area (Å²) in [4.78, 5) is 13.7. The molecule has 2 heterocycles. The summed E-state index contributed by atoms with van der Waals surface area (Å²) in [6.07, 6.45) is 3.70. The summed E-state index contributed by atoms with van der Waals surface area (Å²) < 4.78 is 7.19. The predicted octanol–water partition coefficient (Wildman–Crippen LogP) is 2.33. The molecule has 1 aromatic heterocycles. The third-order valence-corrected chi connectivity index (χ3v) is 4.01. The van der Waals surface area contributed by atoms with Crippen LogP contribution in [0.3, 0.4) is 0 Å². The Kier molecular flexibility index (Phi) is 4.80. The van der Waals surface area contributed by atoms with Crippen LogP contribution in [0.15, 0.2) is 12.4 Å². The zero-order valence-corrected chi connectivity index (χ0v) is 14.5. The van der Waals surface area contributed by atoms with Crippen LogP contribution in [-0.4, -0.2) is 45.5 Å². The SMILES string of the molecule is CC(NC(C)C1CN(C(=O)OC(C)(C)C)C1)c1cnn(C)c1. The van der Waals surface area contributed by atoms with Gasteiger partial charge in [0.25, 0.3) is 0 Å². The van der Waals surface area contributed by atoms with Gasteiger partial charge in [-0.2, -0.15) is 5.10 Å². The van der Waals surface area contributed by atoms with Crippen molar-refractivity contribution >= 4 is 6.09 Å². The minimum absolute atomic E-state index is 0.212. The lowest BCUT2D eigenvalue weighted by Crippen LogP contribution is -2.57. The van der Waals surface area contributed by atoms with Gasteiger partial charge < -0.3 is 15.0 Å². The van der Waals surface area contributed by atoms with Crippen LogP contribution in [0.1, 0.15) is 46.2 Å². The summed E-state index contributed by atoms with van der Waals surface area (Å²) in [5.74, 6) is 0.464. The molecule has 1 fully saturated rings. The van der Waals surface area contributed by atoms with Crippen molar-refractivity contribution in [3.8, 4) is 0 Å². The second kappa shape index (κ2) is 6.28. The molecule has 22 heavy (non-hydrogen) atoms. The zero-order valence-electron chi connectivity index (χ0n) is 14.5. The van der Waals surface area contributed by atoms with E-state index in [9.17, 15) is 4.79 Å². The Morgan fingerprint density at radius 1 is 1.41 bits per heavy atom. The molecule has 0 saturated carbocycles. The number of carbonyl (C=O) groups excluding carboxylic acids is 1. The number of nitrogens with zero attached hydrogens (tertiary/aromatic N) is 3. The zero-order chi connectivity index (χ0) is 16.5. The van der Waals surface area contributed by atoms with E-state index in [4.69, 9.17) is 4.74 Å². The monoisotopic (exact) mass is 308 g/mol. The Morgan fingerprint density at radius 3 is 2.55 bits per heavy atom. The van der Waals surface area contributed by atoms with Crippen LogP contribution in [0.5, 0.6) is 0 Å². The van der Waals surface area contributed by atoms with Gasteiger partial charge in [-0.05, 0) is 34.6 Å². The Morgan fingerprint density at radius 2 is 2.05 bits per heavy atom. The van der Waals surface area contributed by atoms with Crippen molar-refractivity contribution in [1.82, 2.24) is 20.0 Å². The van der Waals surface area contributed by atoms with Crippen LogP contribution >= 0.6 is 0 Å². The van der Waals surface area contributed by atoms with E-state index < -0.39 is 5.60 Å². The van der Waals surface area contributed by atoms with Crippen molar-refractivity contribution in [1.29, 1.82) is 0 Å². The molecular weight excluding hydrogens is 280 g/mol. The lowest BCUT2D eigenvalue weighted by molar-refractivity contribution is -0.00622. The molecule has 0 radical (unpaired) electrons. The average molecular weight is 308 g/mol. The standard InChI is InChI=1S/C16H28N4O2/c1-11(13-7-17-19(6)8-13)18-12(2)14-9-20(10-14)15(21)22-16(3,4)5/h7-8,11-12,14,18H,9-10H2,1-6H3. The fourth-order valence-electron chi connectivity index (χ4n) is 2.59.